The smallest absolute Gasteiger partial charge is 0.176 e. The number of benzene rings is 1. The summed E-state index contributed by atoms with van der Waals surface area (Å²) in [4.78, 5) is 0. The summed E-state index contributed by atoms with van der Waals surface area (Å²) in [5.74, 6) is 0.903. The van der Waals surface area contributed by atoms with Gasteiger partial charge in [0.2, 0.25) is 0 Å². The number of nitrogens with one attached hydrogen (secondary N) is 1. The summed E-state index contributed by atoms with van der Waals surface area (Å²) < 4.78 is 5.97. The molecule has 0 aliphatic heterocycles. The standard InChI is InChI=1S/C11H12N2OS2/c1-6-5-9(14-3)7(2)4-8(6)10-12-13-11(15)16-10/h4-5H,1-3H3,(H,13,15). The summed E-state index contributed by atoms with van der Waals surface area (Å²) in [7, 11) is 1.68. The number of hydrogen-bond acceptors (Lipinski definition) is 4. The minimum absolute atomic E-state index is 0.697. The average molecular weight is 252 g/mol. The van der Waals surface area contributed by atoms with Gasteiger partial charge < -0.3 is 4.74 Å². The molecule has 0 unspecified atom stereocenters. The molecule has 16 heavy (non-hydrogen) atoms. The zero-order valence-corrected chi connectivity index (χ0v) is 11.0. The van der Waals surface area contributed by atoms with E-state index in [9.17, 15) is 0 Å². The van der Waals surface area contributed by atoms with Gasteiger partial charge in [-0.15, -0.1) is 0 Å². The van der Waals surface area contributed by atoms with E-state index in [1.165, 1.54) is 11.3 Å². The second-order valence-corrected chi connectivity index (χ2v) is 5.22. The number of nitrogens with zero attached hydrogens (tertiary/aromatic N) is 1. The monoisotopic (exact) mass is 252 g/mol. The van der Waals surface area contributed by atoms with Gasteiger partial charge in [0.05, 0.1) is 7.11 Å². The minimum Gasteiger partial charge on any atom is -0.496 e. The Labute approximate surface area is 103 Å². The van der Waals surface area contributed by atoms with Crippen LogP contribution in [-0.2, 0) is 0 Å². The van der Waals surface area contributed by atoms with E-state index in [4.69, 9.17) is 17.0 Å². The first kappa shape index (κ1) is 11.3. The quantitative estimate of drug-likeness (QED) is 0.831. The van der Waals surface area contributed by atoms with Gasteiger partial charge in [-0.05, 0) is 49.3 Å². The topological polar surface area (TPSA) is 37.9 Å². The Morgan fingerprint density at radius 1 is 1.31 bits per heavy atom. The van der Waals surface area contributed by atoms with Crippen molar-refractivity contribution in [1.29, 1.82) is 0 Å². The molecule has 1 N–H and O–H groups in total. The Kier molecular flexibility index (Phi) is 3.07. The van der Waals surface area contributed by atoms with Gasteiger partial charge in [0.1, 0.15) is 10.8 Å². The first-order chi connectivity index (χ1) is 7.61. The van der Waals surface area contributed by atoms with Crippen molar-refractivity contribution in [2.45, 2.75) is 13.8 Å². The third-order valence-electron chi connectivity index (χ3n) is 2.41. The van der Waals surface area contributed by atoms with E-state index in [-0.39, 0.29) is 0 Å². The fourth-order valence-corrected chi connectivity index (χ4v) is 2.56. The highest BCUT2D eigenvalue weighted by molar-refractivity contribution is 7.73. The molecule has 0 spiro atoms. The lowest BCUT2D eigenvalue weighted by molar-refractivity contribution is 0.411. The van der Waals surface area contributed by atoms with Gasteiger partial charge in [0.25, 0.3) is 0 Å². The Balaban J connectivity index is 2.58. The van der Waals surface area contributed by atoms with Crippen molar-refractivity contribution in [3.63, 3.8) is 0 Å². The van der Waals surface area contributed by atoms with Crippen LogP contribution in [0.4, 0.5) is 0 Å². The maximum absolute atomic E-state index is 5.28. The van der Waals surface area contributed by atoms with Gasteiger partial charge in [-0.3, -0.25) is 5.10 Å². The van der Waals surface area contributed by atoms with Crippen LogP contribution in [0.1, 0.15) is 11.1 Å². The number of H-pyrrole nitrogens is 1. The van der Waals surface area contributed by atoms with Crippen molar-refractivity contribution in [1.82, 2.24) is 10.2 Å². The molecular weight excluding hydrogens is 240 g/mol. The molecule has 0 radical (unpaired) electrons. The van der Waals surface area contributed by atoms with E-state index >= 15 is 0 Å². The molecule has 2 aromatic rings. The molecule has 1 aromatic heterocycles. The zero-order valence-electron chi connectivity index (χ0n) is 9.33. The molecule has 0 fully saturated rings. The van der Waals surface area contributed by atoms with Crippen molar-refractivity contribution in [2.75, 3.05) is 7.11 Å². The summed E-state index contributed by atoms with van der Waals surface area (Å²) in [6, 6.07) is 4.10. The number of rotatable bonds is 2. The second-order valence-electron chi connectivity index (χ2n) is 3.56. The average Bonchev–Trinajstić information content (AvgIpc) is 2.67. The molecule has 5 heteroatoms. The van der Waals surface area contributed by atoms with Crippen LogP contribution < -0.4 is 4.74 Å². The van der Waals surface area contributed by atoms with Crippen molar-refractivity contribution >= 4 is 23.6 Å². The van der Waals surface area contributed by atoms with E-state index in [2.05, 4.69) is 16.3 Å². The van der Waals surface area contributed by atoms with Gasteiger partial charge in [-0.2, -0.15) is 5.10 Å². The lowest BCUT2D eigenvalue weighted by atomic mass is 10.1. The Hall–Kier alpha value is -1.20. The summed E-state index contributed by atoms with van der Waals surface area (Å²) >= 11 is 6.52. The molecule has 0 saturated heterocycles. The normalized spacial score (nSPS) is 10.4. The molecular formula is C11H12N2OS2. The number of aromatic amines is 1. The first-order valence-electron chi connectivity index (χ1n) is 4.83. The van der Waals surface area contributed by atoms with E-state index in [0.717, 1.165) is 27.4 Å². The fourth-order valence-electron chi connectivity index (χ4n) is 1.59. The lowest BCUT2D eigenvalue weighted by Gasteiger charge is -2.08. The number of aromatic nitrogens is 2. The number of methoxy groups -OCH3 is 1. The van der Waals surface area contributed by atoms with Crippen LogP contribution in [0.15, 0.2) is 12.1 Å². The number of hydrogen-bond donors (Lipinski definition) is 1. The summed E-state index contributed by atoms with van der Waals surface area (Å²) in [5, 5.41) is 7.91. The third-order valence-corrected chi connectivity index (χ3v) is 3.53. The fraction of sp³-hybridized carbons (Fsp3) is 0.273. The van der Waals surface area contributed by atoms with E-state index < -0.39 is 0 Å². The molecule has 0 aliphatic rings. The molecule has 1 heterocycles. The van der Waals surface area contributed by atoms with Gasteiger partial charge in [0, 0.05) is 5.56 Å². The highest BCUT2D eigenvalue weighted by atomic mass is 32.1. The van der Waals surface area contributed by atoms with E-state index in [1.807, 2.05) is 19.9 Å². The number of aryl methyl sites for hydroxylation is 2. The van der Waals surface area contributed by atoms with Gasteiger partial charge in [-0.25, -0.2) is 0 Å². The Bertz CT molecular complexity index is 572. The van der Waals surface area contributed by atoms with Crippen LogP contribution in [-0.4, -0.2) is 17.3 Å². The van der Waals surface area contributed by atoms with Gasteiger partial charge in [0.15, 0.2) is 3.95 Å². The molecule has 0 atom stereocenters. The summed E-state index contributed by atoms with van der Waals surface area (Å²) in [6.07, 6.45) is 0. The largest absolute Gasteiger partial charge is 0.496 e. The Morgan fingerprint density at radius 3 is 2.62 bits per heavy atom. The first-order valence-corrected chi connectivity index (χ1v) is 6.05. The van der Waals surface area contributed by atoms with E-state index in [1.54, 1.807) is 7.11 Å². The third kappa shape index (κ3) is 2.01. The Morgan fingerprint density at radius 2 is 2.06 bits per heavy atom. The molecule has 1 aromatic carbocycles. The molecule has 2 rings (SSSR count). The SMILES string of the molecule is COc1cc(C)c(-c2n[nH]c(=S)s2)cc1C. The van der Waals surface area contributed by atoms with Crippen molar-refractivity contribution in [3.8, 4) is 16.3 Å². The minimum atomic E-state index is 0.697. The van der Waals surface area contributed by atoms with Crippen molar-refractivity contribution in [2.24, 2.45) is 0 Å². The van der Waals surface area contributed by atoms with E-state index in [0.29, 0.717) is 3.95 Å². The maximum atomic E-state index is 5.28. The highest BCUT2D eigenvalue weighted by Crippen LogP contribution is 2.30. The lowest BCUT2D eigenvalue weighted by Crippen LogP contribution is -1.91. The zero-order chi connectivity index (χ0) is 11.7. The van der Waals surface area contributed by atoms with Crippen LogP contribution in [0.5, 0.6) is 5.75 Å². The molecule has 3 nitrogen and oxygen atoms in total. The van der Waals surface area contributed by atoms with Crippen LogP contribution in [0.25, 0.3) is 10.6 Å². The summed E-state index contributed by atoms with van der Waals surface area (Å²) in [6.45, 7) is 4.06. The van der Waals surface area contributed by atoms with Crippen molar-refractivity contribution < 1.29 is 4.74 Å². The van der Waals surface area contributed by atoms with Gasteiger partial charge in [-0.1, -0.05) is 11.3 Å². The van der Waals surface area contributed by atoms with Crippen LogP contribution >= 0.6 is 23.6 Å². The second kappa shape index (κ2) is 4.35. The van der Waals surface area contributed by atoms with Crippen molar-refractivity contribution in [3.05, 3.63) is 27.2 Å². The maximum Gasteiger partial charge on any atom is 0.176 e. The molecule has 84 valence electrons. The van der Waals surface area contributed by atoms with Crippen LogP contribution in [0.3, 0.4) is 0 Å². The van der Waals surface area contributed by atoms with Gasteiger partial charge >= 0.3 is 0 Å². The predicted molar refractivity (Wildman–Crippen MR) is 68.8 cm³/mol. The summed E-state index contributed by atoms with van der Waals surface area (Å²) in [5.41, 5.74) is 3.35. The molecule has 0 aliphatic carbocycles. The highest BCUT2D eigenvalue weighted by Gasteiger charge is 2.09. The predicted octanol–water partition coefficient (Wildman–Crippen LogP) is 3.49. The molecule has 0 amide bonds. The molecule has 0 bridgehead atoms. The molecule has 0 saturated carbocycles. The van der Waals surface area contributed by atoms with Crippen LogP contribution in [0.2, 0.25) is 0 Å². The van der Waals surface area contributed by atoms with Crippen LogP contribution in [0, 0.1) is 17.8 Å². The number of ether oxygens (including phenoxy) is 1.